The zero-order valence-electron chi connectivity index (χ0n) is 15.1. The van der Waals surface area contributed by atoms with Gasteiger partial charge in [-0.1, -0.05) is 18.5 Å². The first-order valence-corrected chi connectivity index (χ1v) is 8.90. The summed E-state index contributed by atoms with van der Waals surface area (Å²) in [6.45, 7) is 2.11. The van der Waals surface area contributed by atoms with Gasteiger partial charge in [0.2, 0.25) is 5.82 Å². The van der Waals surface area contributed by atoms with Crippen LogP contribution in [0.5, 0.6) is 5.75 Å². The summed E-state index contributed by atoms with van der Waals surface area (Å²) in [5.41, 5.74) is 1.70. The standard InChI is InChI=1S/C21H17FN2O4/c1-2-3-14-10-20(25)27-18-11-16(8-9-17(14)18)26-12-19-23-21(24-28-19)13-4-6-15(22)7-5-13/h4-11H,2-3,12H2,1H3. The summed E-state index contributed by atoms with van der Waals surface area (Å²) in [4.78, 5) is 16.0. The highest BCUT2D eigenvalue weighted by Gasteiger charge is 2.11. The molecule has 0 saturated heterocycles. The highest BCUT2D eigenvalue weighted by Crippen LogP contribution is 2.24. The maximum Gasteiger partial charge on any atom is 0.336 e. The maximum atomic E-state index is 13.0. The summed E-state index contributed by atoms with van der Waals surface area (Å²) in [7, 11) is 0. The van der Waals surface area contributed by atoms with E-state index in [9.17, 15) is 9.18 Å². The van der Waals surface area contributed by atoms with E-state index < -0.39 is 0 Å². The van der Waals surface area contributed by atoms with Crippen molar-refractivity contribution in [2.75, 3.05) is 0 Å². The molecule has 142 valence electrons. The molecular weight excluding hydrogens is 363 g/mol. The van der Waals surface area contributed by atoms with Crippen LogP contribution in [-0.4, -0.2) is 10.1 Å². The van der Waals surface area contributed by atoms with Gasteiger partial charge in [0.15, 0.2) is 6.61 Å². The minimum Gasteiger partial charge on any atom is -0.484 e. The Balaban J connectivity index is 1.51. The monoisotopic (exact) mass is 380 g/mol. The lowest BCUT2D eigenvalue weighted by molar-refractivity contribution is 0.243. The molecule has 2 aromatic heterocycles. The number of hydrogen-bond acceptors (Lipinski definition) is 6. The molecule has 0 aliphatic carbocycles. The smallest absolute Gasteiger partial charge is 0.336 e. The van der Waals surface area contributed by atoms with Crippen molar-refractivity contribution in [1.29, 1.82) is 0 Å². The van der Waals surface area contributed by atoms with Gasteiger partial charge in [0.1, 0.15) is 17.1 Å². The van der Waals surface area contributed by atoms with E-state index in [0.717, 1.165) is 23.8 Å². The molecule has 2 aromatic carbocycles. The molecule has 0 bridgehead atoms. The molecule has 0 unspecified atom stereocenters. The lowest BCUT2D eigenvalue weighted by Crippen LogP contribution is -2.01. The average Bonchev–Trinajstić information content (AvgIpc) is 3.16. The summed E-state index contributed by atoms with van der Waals surface area (Å²) >= 11 is 0. The van der Waals surface area contributed by atoms with Crippen molar-refractivity contribution in [3.63, 3.8) is 0 Å². The fraction of sp³-hybridized carbons (Fsp3) is 0.190. The van der Waals surface area contributed by atoms with Gasteiger partial charge in [-0.25, -0.2) is 9.18 Å². The minimum absolute atomic E-state index is 0.0542. The van der Waals surface area contributed by atoms with E-state index in [1.165, 1.54) is 18.2 Å². The number of fused-ring (bicyclic) bond motifs is 1. The lowest BCUT2D eigenvalue weighted by atomic mass is 10.1. The van der Waals surface area contributed by atoms with Crippen molar-refractivity contribution in [1.82, 2.24) is 10.1 Å². The maximum absolute atomic E-state index is 13.0. The van der Waals surface area contributed by atoms with E-state index in [-0.39, 0.29) is 23.9 Å². The fourth-order valence-corrected chi connectivity index (χ4v) is 2.95. The number of ether oxygens (including phenoxy) is 1. The second-order valence-electron chi connectivity index (χ2n) is 6.31. The van der Waals surface area contributed by atoms with Crippen molar-refractivity contribution in [2.24, 2.45) is 0 Å². The quantitative estimate of drug-likeness (QED) is 0.458. The normalized spacial score (nSPS) is 11.1. The summed E-state index contributed by atoms with van der Waals surface area (Å²) in [6, 6.07) is 12.7. The Kier molecular flexibility index (Phi) is 4.89. The molecule has 2 heterocycles. The van der Waals surface area contributed by atoms with Crippen molar-refractivity contribution in [3.05, 3.63) is 76.2 Å². The van der Waals surface area contributed by atoms with Gasteiger partial charge in [0.05, 0.1) is 0 Å². The number of aryl methyl sites for hydroxylation is 1. The highest BCUT2D eigenvalue weighted by atomic mass is 19.1. The van der Waals surface area contributed by atoms with Crippen LogP contribution in [0.15, 0.2) is 62.3 Å². The molecule has 0 spiro atoms. The van der Waals surface area contributed by atoms with Crippen LogP contribution in [0.1, 0.15) is 24.8 Å². The molecule has 0 fully saturated rings. The second-order valence-corrected chi connectivity index (χ2v) is 6.31. The summed E-state index contributed by atoms with van der Waals surface area (Å²) in [5, 5.41) is 4.77. The summed E-state index contributed by atoms with van der Waals surface area (Å²) in [6.07, 6.45) is 1.74. The fourth-order valence-electron chi connectivity index (χ4n) is 2.95. The van der Waals surface area contributed by atoms with Crippen LogP contribution in [0.2, 0.25) is 0 Å². The van der Waals surface area contributed by atoms with Crippen molar-refractivity contribution >= 4 is 11.0 Å². The third-order valence-electron chi connectivity index (χ3n) is 4.25. The molecule has 0 radical (unpaired) electrons. The molecule has 7 heteroatoms. The van der Waals surface area contributed by atoms with Gasteiger partial charge in [-0.3, -0.25) is 0 Å². The van der Waals surface area contributed by atoms with E-state index in [0.29, 0.717) is 22.7 Å². The Bertz CT molecular complexity index is 1170. The van der Waals surface area contributed by atoms with E-state index >= 15 is 0 Å². The van der Waals surface area contributed by atoms with E-state index in [1.807, 2.05) is 6.07 Å². The Hall–Kier alpha value is -3.48. The second kappa shape index (κ2) is 7.64. The Morgan fingerprint density at radius 1 is 1.11 bits per heavy atom. The predicted molar refractivity (Wildman–Crippen MR) is 101 cm³/mol. The van der Waals surface area contributed by atoms with Crippen LogP contribution >= 0.6 is 0 Å². The third kappa shape index (κ3) is 3.78. The van der Waals surface area contributed by atoms with Gasteiger partial charge in [-0.05, 0) is 48.4 Å². The number of nitrogens with zero attached hydrogens (tertiary/aromatic N) is 2. The van der Waals surface area contributed by atoms with Crippen LogP contribution in [0, 0.1) is 5.82 Å². The Labute approximate surface area is 159 Å². The van der Waals surface area contributed by atoms with Crippen LogP contribution < -0.4 is 10.4 Å². The minimum atomic E-state index is -0.381. The number of benzene rings is 2. The topological polar surface area (TPSA) is 78.4 Å². The van der Waals surface area contributed by atoms with Gasteiger partial charge in [-0.15, -0.1) is 0 Å². The first-order chi connectivity index (χ1) is 13.6. The predicted octanol–water partition coefficient (Wildman–Crippen LogP) is 4.51. The van der Waals surface area contributed by atoms with Gasteiger partial charge in [0, 0.05) is 23.1 Å². The molecule has 0 saturated carbocycles. The molecule has 0 N–H and O–H groups in total. The van der Waals surface area contributed by atoms with Gasteiger partial charge >= 0.3 is 5.63 Å². The molecule has 4 rings (SSSR count). The van der Waals surface area contributed by atoms with Gasteiger partial charge in [-0.2, -0.15) is 4.98 Å². The van der Waals surface area contributed by atoms with Crippen LogP contribution in [0.3, 0.4) is 0 Å². The Morgan fingerprint density at radius 3 is 2.71 bits per heavy atom. The lowest BCUT2D eigenvalue weighted by Gasteiger charge is -2.07. The molecule has 28 heavy (non-hydrogen) atoms. The largest absolute Gasteiger partial charge is 0.484 e. The number of aromatic nitrogens is 2. The van der Waals surface area contributed by atoms with Crippen molar-refractivity contribution in [3.8, 4) is 17.1 Å². The van der Waals surface area contributed by atoms with E-state index in [1.54, 1.807) is 24.3 Å². The molecule has 0 aliphatic rings. The molecule has 6 nitrogen and oxygen atoms in total. The zero-order chi connectivity index (χ0) is 19.5. The van der Waals surface area contributed by atoms with Crippen LogP contribution in [0.25, 0.3) is 22.4 Å². The molecular formula is C21H17FN2O4. The van der Waals surface area contributed by atoms with Crippen molar-refractivity contribution in [2.45, 2.75) is 26.4 Å². The van der Waals surface area contributed by atoms with Crippen molar-refractivity contribution < 1.29 is 18.1 Å². The van der Waals surface area contributed by atoms with Gasteiger partial charge in [0.25, 0.3) is 5.89 Å². The molecule has 0 amide bonds. The average molecular weight is 380 g/mol. The molecule has 0 atom stereocenters. The summed E-state index contributed by atoms with van der Waals surface area (Å²) < 4.78 is 29.2. The van der Waals surface area contributed by atoms with Crippen LogP contribution in [0.4, 0.5) is 4.39 Å². The zero-order valence-corrected chi connectivity index (χ0v) is 15.1. The highest BCUT2D eigenvalue weighted by molar-refractivity contribution is 5.81. The number of hydrogen-bond donors (Lipinski definition) is 0. The van der Waals surface area contributed by atoms with E-state index in [2.05, 4.69) is 17.1 Å². The Morgan fingerprint density at radius 2 is 1.93 bits per heavy atom. The first-order valence-electron chi connectivity index (χ1n) is 8.90. The molecule has 4 aromatic rings. The third-order valence-corrected chi connectivity index (χ3v) is 4.25. The van der Waals surface area contributed by atoms with Crippen LogP contribution in [-0.2, 0) is 13.0 Å². The molecule has 0 aliphatic heterocycles. The SMILES string of the molecule is CCCc1cc(=O)oc2cc(OCc3nc(-c4ccc(F)cc4)no3)ccc12. The van der Waals surface area contributed by atoms with E-state index in [4.69, 9.17) is 13.7 Å². The number of rotatable bonds is 6. The first kappa shape index (κ1) is 17.9. The summed E-state index contributed by atoms with van der Waals surface area (Å²) in [5.74, 6) is 0.819. The van der Waals surface area contributed by atoms with Gasteiger partial charge < -0.3 is 13.7 Å². The number of halogens is 1.